The van der Waals surface area contributed by atoms with Crippen molar-refractivity contribution < 1.29 is 5.11 Å². The topological polar surface area (TPSA) is 32.3 Å². The Labute approximate surface area is 47.7 Å². The first-order chi connectivity index (χ1) is 2.41. The van der Waals surface area contributed by atoms with Crippen LogP contribution >= 0.6 is 0 Å². The van der Waals surface area contributed by atoms with E-state index in [4.69, 9.17) is 5.11 Å². The average Bonchev–Trinajstić information content (AvgIpc) is 1.41. The molecule has 0 heterocycles. The van der Waals surface area contributed by atoms with Crippen molar-refractivity contribution in [2.24, 2.45) is 0 Å². The molecular weight excluding hydrogens is 261 g/mol. The third-order valence-corrected chi connectivity index (χ3v) is 1.38. The Balaban J connectivity index is 2.19. The summed E-state index contributed by atoms with van der Waals surface area (Å²) in [5.41, 5.74) is 0. The van der Waals surface area contributed by atoms with Crippen LogP contribution in [-0.2, 0) is 0 Å². The van der Waals surface area contributed by atoms with E-state index in [-0.39, 0.29) is 6.61 Å². The second-order valence-corrected chi connectivity index (χ2v) is 2.26. The fraction of sp³-hybridized carbons (Fsp3) is 1.00. The predicted octanol–water partition coefficient (Wildman–Crippen LogP) is -1.62. The molecule has 30 valence electrons. The molecule has 0 atom stereocenters. The molecule has 5 heavy (non-hydrogen) atoms. The summed E-state index contributed by atoms with van der Waals surface area (Å²) in [6.45, 7) is 1.04. The monoisotopic (exact) mass is 269 g/mol. The number of hydrogen-bond acceptors (Lipinski definition) is 2. The fourth-order valence-electron chi connectivity index (χ4n) is 0.0645. The van der Waals surface area contributed by atoms with Gasteiger partial charge in [0.1, 0.15) is 0 Å². The van der Waals surface area contributed by atoms with Gasteiger partial charge in [0.05, 0.1) is 0 Å². The minimum atomic E-state index is 0.274. The van der Waals surface area contributed by atoms with Gasteiger partial charge in [-0.15, -0.1) is 0 Å². The number of aliphatic hydroxyl groups is 1. The molecule has 0 amide bonds. The van der Waals surface area contributed by atoms with Crippen molar-refractivity contribution in [3.8, 4) is 0 Å². The van der Waals surface area contributed by atoms with Crippen LogP contribution in [0.2, 0.25) is 0 Å². The summed E-state index contributed by atoms with van der Waals surface area (Å²) in [7, 11) is 0. The van der Waals surface area contributed by atoms with Crippen LogP contribution in [-0.4, -0.2) is 44.3 Å². The second kappa shape index (κ2) is 4.84. The second-order valence-electron chi connectivity index (χ2n) is 0.678. The molecule has 0 aliphatic heterocycles. The van der Waals surface area contributed by atoms with Crippen molar-refractivity contribution in [2.45, 2.75) is 0 Å². The standard InChI is InChI=1S/C2H6NO.Pb.H/c3-1-2-4;;/h3-4H,1-2H2;;/q-1;+1;. The molecule has 2 N–H and O–H groups in total. The molecule has 0 aromatic heterocycles. The van der Waals surface area contributed by atoms with E-state index >= 15 is 0 Å². The molecule has 0 aliphatic rings. The first kappa shape index (κ1) is 5.84. The van der Waals surface area contributed by atoms with E-state index in [9.17, 15) is 0 Å². The van der Waals surface area contributed by atoms with Crippen LogP contribution in [0, 0.1) is 0 Å². The third kappa shape index (κ3) is 4.84. The summed E-state index contributed by atoms with van der Waals surface area (Å²) in [5.74, 6) is 0. The van der Waals surface area contributed by atoms with Gasteiger partial charge in [-0.25, -0.2) is 0 Å². The van der Waals surface area contributed by atoms with Crippen LogP contribution in [0.1, 0.15) is 0 Å². The van der Waals surface area contributed by atoms with Gasteiger partial charge in [-0.3, -0.25) is 0 Å². The molecule has 0 bridgehead atoms. The Bertz CT molecular complexity index is 17.1. The van der Waals surface area contributed by atoms with E-state index in [1.165, 1.54) is 0 Å². The zero-order chi connectivity index (χ0) is 4.12. The number of nitrogens with one attached hydrogen (secondary N) is 1. The molecule has 0 aliphatic carbocycles. The fourth-order valence-corrected chi connectivity index (χ4v) is 0.566. The van der Waals surface area contributed by atoms with Crippen molar-refractivity contribution in [1.82, 2.24) is 3.13 Å². The maximum absolute atomic E-state index is 8.03. The Kier molecular flexibility index (Phi) is 5.66. The molecule has 0 rings (SSSR count). The van der Waals surface area contributed by atoms with Gasteiger partial charge in [-0.1, -0.05) is 0 Å². The summed E-state index contributed by atoms with van der Waals surface area (Å²) in [4.78, 5) is 0. The summed E-state index contributed by atoms with van der Waals surface area (Å²) in [6, 6.07) is 0. The van der Waals surface area contributed by atoms with E-state index in [1.807, 2.05) is 0 Å². The van der Waals surface area contributed by atoms with E-state index in [0.717, 1.165) is 32.6 Å². The van der Waals surface area contributed by atoms with Crippen LogP contribution in [0.25, 0.3) is 0 Å². The van der Waals surface area contributed by atoms with Crippen LogP contribution in [0.4, 0.5) is 0 Å². The van der Waals surface area contributed by atoms with Crippen LogP contribution in [0.5, 0.6) is 0 Å². The zero-order valence-electron chi connectivity index (χ0n) is 2.94. The van der Waals surface area contributed by atoms with Gasteiger partial charge in [0, 0.05) is 0 Å². The van der Waals surface area contributed by atoms with E-state index in [1.54, 1.807) is 0 Å². The van der Waals surface area contributed by atoms with Crippen molar-refractivity contribution in [3.05, 3.63) is 0 Å². The van der Waals surface area contributed by atoms with Crippen LogP contribution in [0.3, 0.4) is 0 Å². The van der Waals surface area contributed by atoms with Crippen molar-refractivity contribution in [1.29, 1.82) is 0 Å². The Morgan fingerprint density at radius 3 is 2.40 bits per heavy atom. The summed E-state index contributed by atoms with van der Waals surface area (Å²) < 4.78 is 2.93. The van der Waals surface area contributed by atoms with Gasteiger partial charge in [-0.2, -0.15) is 0 Å². The van der Waals surface area contributed by atoms with Gasteiger partial charge < -0.3 is 0 Å². The van der Waals surface area contributed by atoms with Crippen LogP contribution < -0.4 is 3.13 Å². The Morgan fingerprint density at radius 2 is 2.40 bits per heavy atom. The molecule has 0 aromatic rings. The van der Waals surface area contributed by atoms with Gasteiger partial charge in [-0.05, 0) is 0 Å². The molecule has 3 heteroatoms. The van der Waals surface area contributed by atoms with Gasteiger partial charge in [0.15, 0.2) is 0 Å². The zero-order valence-corrected chi connectivity index (χ0v) is 7.43. The quantitative estimate of drug-likeness (QED) is 0.590. The predicted molar refractivity (Wildman–Crippen MR) is 22.2 cm³/mol. The minimum absolute atomic E-state index is 0.274. The Morgan fingerprint density at radius 1 is 1.80 bits per heavy atom. The van der Waals surface area contributed by atoms with E-state index in [0.29, 0.717) is 0 Å². The van der Waals surface area contributed by atoms with Crippen molar-refractivity contribution >= 4 is 26.1 Å². The average molecular weight is 268 g/mol. The van der Waals surface area contributed by atoms with Gasteiger partial charge >= 0.3 is 47.5 Å². The summed E-state index contributed by atoms with van der Waals surface area (Å²) >= 11 is 0.826. The van der Waals surface area contributed by atoms with E-state index < -0.39 is 0 Å². The molecule has 2 nitrogen and oxygen atoms in total. The maximum atomic E-state index is 8.03. The number of hydrogen-bond donors (Lipinski definition) is 2. The number of aliphatic hydroxyl groups excluding tert-OH is 1. The SMILES string of the molecule is OCC[NH][PbH]. The molecule has 0 fully saturated rings. The molecule has 0 aromatic carbocycles. The van der Waals surface area contributed by atoms with Crippen LogP contribution in [0.15, 0.2) is 0 Å². The molecule has 0 unspecified atom stereocenters. The van der Waals surface area contributed by atoms with E-state index in [2.05, 4.69) is 3.13 Å². The van der Waals surface area contributed by atoms with Gasteiger partial charge in [0.2, 0.25) is 0 Å². The molecule has 0 spiro atoms. The third-order valence-electron chi connectivity index (χ3n) is 0.256. The van der Waals surface area contributed by atoms with Crippen molar-refractivity contribution in [2.75, 3.05) is 13.2 Å². The normalized spacial score (nSPS) is 8.40. The number of rotatable bonds is 2. The molecule has 0 saturated heterocycles. The summed E-state index contributed by atoms with van der Waals surface area (Å²) in [5, 5.41) is 8.03. The first-order valence-electron chi connectivity index (χ1n) is 1.46. The molecular formula is C2H7NOPb. The first-order valence-corrected chi connectivity index (χ1v) is 3.70. The van der Waals surface area contributed by atoms with Crippen molar-refractivity contribution in [3.63, 3.8) is 0 Å². The molecule has 2 radical (unpaired) electrons. The molecule has 0 saturated carbocycles. The van der Waals surface area contributed by atoms with Gasteiger partial charge in [0.25, 0.3) is 0 Å². The Hall–Kier alpha value is 0.842. The summed E-state index contributed by atoms with van der Waals surface area (Å²) in [6.07, 6.45) is 0.